The van der Waals surface area contributed by atoms with Crippen molar-refractivity contribution in [2.24, 2.45) is 14.1 Å². The highest BCUT2D eigenvalue weighted by Crippen LogP contribution is 2.28. The van der Waals surface area contributed by atoms with Crippen molar-refractivity contribution in [2.75, 3.05) is 19.6 Å². The number of aromatic nitrogens is 5. The molecule has 146 valence electrons. The lowest BCUT2D eigenvalue weighted by molar-refractivity contribution is 0.0625. The molecule has 1 amide bonds. The van der Waals surface area contributed by atoms with Gasteiger partial charge in [0.15, 0.2) is 0 Å². The lowest BCUT2D eigenvalue weighted by atomic mass is 10.1. The maximum Gasteiger partial charge on any atom is 0.266 e. The number of piperazine rings is 1. The van der Waals surface area contributed by atoms with Gasteiger partial charge in [0.2, 0.25) is 0 Å². The second-order valence-electron chi connectivity index (χ2n) is 6.05. The third-order valence-corrected chi connectivity index (χ3v) is 5.36. The molecule has 1 atom stereocenters. The van der Waals surface area contributed by atoms with Gasteiger partial charge in [-0.05, 0) is 0 Å². The third kappa shape index (κ3) is 4.16. The summed E-state index contributed by atoms with van der Waals surface area (Å²) in [4.78, 5) is 24.4. The first-order valence-corrected chi connectivity index (χ1v) is 8.89. The lowest BCUT2D eigenvalue weighted by Gasteiger charge is -2.35. The normalized spacial score (nSPS) is 16.5. The molecular formula is C16H21Cl2N7OS. The van der Waals surface area contributed by atoms with E-state index >= 15 is 0 Å². The summed E-state index contributed by atoms with van der Waals surface area (Å²) in [5.74, 6) is 0.889. The summed E-state index contributed by atoms with van der Waals surface area (Å²) in [5, 5.41) is 8.32. The first-order chi connectivity index (χ1) is 12.1. The molecule has 1 aliphatic rings. The van der Waals surface area contributed by atoms with Gasteiger partial charge in [0, 0.05) is 57.9 Å². The number of nitrogens with zero attached hydrogens (tertiary/aromatic N) is 6. The van der Waals surface area contributed by atoms with Crippen molar-refractivity contribution < 1.29 is 4.79 Å². The highest BCUT2D eigenvalue weighted by molar-refractivity contribution is 7.16. The van der Waals surface area contributed by atoms with Crippen molar-refractivity contribution >= 4 is 42.1 Å². The molecule has 3 aromatic heterocycles. The second-order valence-corrected chi connectivity index (χ2v) is 7.08. The Bertz CT molecular complexity index is 906. The largest absolute Gasteiger partial charge is 0.336 e. The summed E-state index contributed by atoms with van der Waals surface area (Å²) in [6.45, 7) is 2.13. The van der Waals surface area contributed by atoms with Crippen molar-refractivity contribution in [3.8, 4) is 10.6 Å². The van der Waals surface area contributed by atoms with E-state index in [9.17, 15) is 4.79 Å². The van der Waals surface area contributed by atoms with Crippen LogP contribution in [-0.4, -0.2) is 54.8 Å². The zero-order valence-electron chi connectivity index (χ0n) is 14.9. The van der Waals surface area contributed by atoms with E-state index in [0.29, 0.717) is 18.0 Å². The van der Waals surface area contributed by atoms with Crippen LogP contribution in [0.2, 0.25) is 0 Å². The molecule has 4 rings (SSSR count). The fourth-order valence-corrected chi connectivity index (χ4v) is 3.90. The minimum absolute atomic E-state index is 0. The quantitative estimate of drug-likeness (QED) is 0.687. The van der Waals surface area contributed by atoms with Gasteiger partial charge in [0.1, 0.15) is 21.8 Å². The number of aryl methyl sites for hydroxylation is 2. The first-order valence-electron chi connectivity index (χ1n) is 8.07. The van der Waals surface area contributed by atoms with Crippen molar-refractivity contribution in [1.82, 2.24) is 34.5 Å². The summed E-state index contributed by atoms with van der Waals surface area (Å²) in [5.41, 5.74) is 0.924. The minimum atomic E-state index is -0.0785. The second kappa shape index (κ2) is 8.83. The van der Waals surface area contributed by atoms with Crippen LogP contribution in [0.5, 0.6) is 0 Å². The number of carbonyl (C=O) groups excluding carboxylic acids is 1. The average molecular weight is 430 g/mol. The summed E-state index contributed by atoms with van der Waals surface area (Å²) >= 11 is 1.40. The lowest BCUT2D eigenvalue weighted by Crippen LogP contribution is -2.49. The number of nitrogens with one attached hydrogen (secondary N) is 1. The zero-order chi connectivity index (χ0) is 17.4. The topological polar surface area (TPSA) is 80.9 Å². The predicted octanol–water partition coefficient (Wildman–Crippen LogP) is 1.91. The maximum atomic E-state index is 13.1. The van der Waals surface area contributed by atoms with Gasteiger partial charge < -0.3 is 14.8 Å². The van der Waals surface area contributed by atoms with Gasteiger partial charge in [-0.25, -0.2) is 9.97 Å². The summed E-state index contributed by atoms with van der Waals surface area (Å²) < 4.78 is 3.69. The molecule has 27 heavy (non-hydrogen) atoms. The fraction of sp³-hybridized carbons (Fsp3) is 0.375. The summed E-state index contributed by atoms with van der Waals surface area (Å²) in [7, 11) is 3.81. The van der Waals surface area contributed by atoms with Crippen LogP contribution in [0.3, 0.4) is 0 Å². The number of amides is 1. The van der Waals surface area contributed by atoms with Gasteiger partial charge in [-0.2, -0.15) is 5.10 Å². The van der Waals surface area contributed by atoms with Crippen LogP contribution in [0.1, 0.15) is 21.5 Å². The summed E-state index contributed by atoms with van der Waals surface area (Å²) in [6.07, 6.45) is 8.98. The molecular weight excluding hydrogens is 409 g/mol. The Morgan fingerprint density at radius 2 is 2.07 bits per heavy atom. The Kier molecular flexibility index (Phi) is 6.99. The SMILES string of the molecule is Cl.Cl.Cn1cc(-c2ncc(C(=O)N3CCNCC3c3nccn3C)s2)cn1. The van der Waals surface area contributed by atoms with Crippen molar-refractivity contribution in [3.63, 3.8) is 0 Å². The molecule has 0 saturated carbocycles. The van der Waals surface area contributed by atoms with Gasteiger partial charge in [-0.1, -0.05) is 0 Å². The number of thiazole rings is 1. The minimum Gasteiger partial charge on any atom is -0.336 e. The van der Waals surface area contributed by atoms with E-state index in [-0.39, 0.29) is 36.8 Å². The molecule has 0 radical (unpaired) electrons. The highest BCUT2D eigenvalue weighted by Gasteiger charge is 2.32. The Labute approximate surface area is 173 Å². The molecule has 0 bridgehead atoms. The molecule has 1 N–H and O–H groups in total. The Morgan fingerprint density at radius 3 is 2.74 bits per heavy atom. The number of rotatable bonds is 3. The van der Waals surface area contributed by atoms with Crippen LogP contribution >= 0.6 is 36.2 Å². The maximum absolute atomic E-state index is 13.1. The van der Waals surface area contributed by atoms with Crippen LogP contribution < -0.4 is 5.32 Å². The van der Waals surface area contributed by atoms with Crippen LogP contribution in [0.15, 0.2) is 31.0 Å². The zero-order valence-corrected chi connectivity index (χ0v) is 17.4. The van der Waals surface area contributed by atoms with Gasteiger partial charge >= 0.3 is 0 Å². The van der Waals surface area contributed by atoms with E-state index in [0.717, 1.165) is 22.9 Å². The molecule has 0 aliphatic carbocycles. The van der Waals surface area contributed by atoms with Crippen LogP contribution in [0.25, 0.3) is 10.6 Å². The van der Waals surface area contributed by atoms with Gasteiger partial charge in [-0.3, -0.25) is 9.48 Å². The van der Waals surface area contributed by atoms with Crippen LogP contribution in [0.4, 0.5) is 0 Å². The summed E-state index contributed by atoms with van der Waals surface area (Å²) in [6, 6.07) is -0.0785. The van der Waals surface area contributed by atoms with Gasteiger partial charge in [0.25, 0.3) is 5.91 Å². The van der Waals surface area contributed by atoms with Gasteiger partial charge in [-0.15, -0.1) is 36.2 Å². The molecule has 0 aromatic carbocycles. The van der Waals surface area contributed by atoms with E-state index in [4.69, 9.17) is 0 Å². The Hall–Kier alpha value is -1.94. The highest BCUT2D eigenvalue weighted by atomic mass is 35.5. The predicted molar refractivity (Wildman–Crippen MR) is 109 cm³/mol. The molecule has 1 aliphatic heterocycles. The monoisotopic (exact) mass is 429 g/mol. The Balaban J connectivity index is 0.00000131. The van der Waals surface area contributed by atoms with Crippen molar-refractivity contribution in [3.05, 3.63) is 41.7 Å². The molecule has 0 spiro atoms. The van der Waals surface area contributed by atoms with E-state index in [2.05, 4.69) is 20.4 Å². The standard InChI is InChI=1S/C16H19N7OS.2ClH/c1-21-5-4-18-14(21)12-8-17-3-6-23(12)16(24)13-9-19-15(25-13)11-7-20-22(2)10-11;;/h4-5,7,9-10,12,17H,3,6,8H2,1-2H3;2*1H. The first kappa shape index (κ1) is 21.4. The molecule has 1 fully saturated rings. The third-order valence-electron chi connectivity index (χ3n) is 4.33. The van der Waals surface area contributed by atoms with E-state index in [1.165, 1.54) is 11.3 Å². The number of halogens is 2. The van der Waals surface area contributed by atoms with Crippen LogP contribution in [0, 0.1) is 0 Å². The fourth-order valence-electron chi connectivity index (χ4n) is 3.06. The number of imidazole rings is 1. The number of hydrogen-bond donors (Lipinski definition) is 1. The van der Waals surface area contributed by atoms with E-state index in [1.54, 1.807) is 23.3 Å². The van der Waals surface area contributed by atoms with Crippen molar-refractivity contribution in [1.29, 1.82) is 0 Å². The van der Waals surface area contributed by atoms with Crippen molar-refractivity contribution in [2.45, 2.75) is 6.04 Å². The smallest absolute Gasteiger partial charge is 0.266 e. The number of carbonyl (C=O) groups is 1. The Morgan fingerprint density at radius 1 is 1.26 bits per heavy atom. The molecule has 1 saturated heterocycles. The average Bonchev–Trinajstić information content (AvgIpc) is 3.34. The van der Waals surface area contributed by atoms with Crippen LogP contribution in [-0.2, 0) is 14.1 Å². The van der Waals surface area contributed by atoms with Gasteiger partial charge in [0.05, 0.1) is 12.4 Å². The molecule has 4 heterocycles. The van der Waals surface area contributed by atoms with E-state index in [1.807, 2.05) is 36.0 Å². The molecule has 8 nitrogen and oxygen atoms in total. The molecule has 3 aromatic rings. The number of hydrogen-bond acceptors (Lipinski definition) is 6. The molecule has 1 unspecified atom stereocenters. The molecule has 11 heteroatoms. The van der Waals surface area contributed by atoms with E-state index < -0.39 is 0 Å².